The third-order valence-electron chi connectivity index (χ3n) is 2.99. The van der Waals surface area contributed by atoms with Crippen LogP contribution in [0.15, 0.2) is 0 Å². The molecule has 4 nitrogen and oxygen atoms in total. The van der Waals surface area contributed by atoms with E-state index in [1.165, 1.54) is 0 Å². The van der Waals surface area contributed by atoms with Crippen molar-refractivity contribution >= 4 is 11.9 Å². The lowest BCUT2D eigenvalue weighted by Gasteiger charge is -2.28. The molecule has 1 aliphatic rings. The van der Waals surface area contributed by atoms with Crippen LogP contribution in [-0.4, -0.2) is 35.5 Å². The number of ketones is 1. The first-order chi connectivity index (χ1) is 8.24. The molecule has 1 amide bonds. The zero-order valence-corrected chi connectivity index (χ0v) is 12.2. The van der Waals surface area contributed by atoms with Gasteiger partial charge >= 0.3 is 6.09 Å². The van der Waals surface area contributed by atoms with E-state index in [1.54, 1.807) is 4.90 Å². The van der Waals surface area contributed by atoms with E-state index in [0.717, 1.165) is 12.8 Å². The van der Waals surface area contributed by atoms with Crippen molar-refractivity contribution in [1.82, 2.24) is 4.90 Å². The van der Waals surface area contributed by atoms with Gasteiger partial charge in [0.05, 0.1) is 0 Å². The quantitative estimate of drug-likeness (QED) is 0.759. The Morgan fingerprint density at radius 2 is 1.89 bits per heavy atom. The van der Waals surface area contributed by atoms with Crippen LogP contribution in [0.5, 0.6) is 0 Å². The van der Waals surface area contributed by atoms with Gasteiger partial charge in [0.2, 0.25) is 0 Å². The molecule has 0 heterocycles. The average molecular weight is 255 g/mol. The maximum atomic E-state index is 11.9. The number of nitrogens with zero attached hydrogens (tertiary/aromatic N) is 1. The van der Waals surface area contributed by atoms with Gasteiger partial charge in [-0.2, -0.15) is 0 Å². The van der Waals surface area contributed by atoms with Gasteiger partial charge in [-0.25, -0.2) is 4.79 Å². The van der Waals surface area contributed by atoms with E-state index in [-0.39, 0.29) is 23.7 Å². The highest BCUT2D eigenvalue weighted by molar-refractivity contribution is 5.85. The highest BCUT2D eigenvalue weighted by Gasteiger charge is 2.34. The SMILES string of the molecule is CCN(CC(C)C(=O)C1CC1)C(=O)OC(C)(C)C. The van der Waals surface area contributed by atoms with Crippen LogP contribution in [0.2, 0.25) is 0 Å². The van der Waals surface area contributed by atoms with Gasteiger partial charge in [0.25, 0.3) is 0 Å². The van der Waals surface area contributed by atoms with Crippen molar-refractivity contribution in [1.29, 1.82) is 0 Å². The van der Waals surface area contributed by atoms with Gasteiger partial charge in [-0.15, -0.1) is 0 Å². The number of hydrogen-bond donors (Lipinski definition) is 0. The molecule has 4 heteroatoms. The van der Waals surface area contributed by atoms with Crippen molar-refractivity contribution in [3.05, 3.63) is 0 Å². The van der Waals surface area contributed by atoms with Crippen LogP contribution >= 0.6 is 0 Å². The summed E-state index contributed by atoms with van der Waals surface area (Å²) < 4.78 is 5.32. The van der Waals surface area contributed by atoms with Gasteiger partial charge in [-0.05, 0) is 40.5 Å². The van der Waals surface area contributed by atoms with E-state index >= 15 is 0 Å². The highest BCUT2D eigenvalue weighted by atomic mass is 16.6. The summed E-state index contributed by atoms with van der Waals surface area (Å²) in [5, 5.41) is 0. The predicted molar refractivity (Wildman–Crippen MR) is 70.4 cm³/mol. The summed E-state index contributed by atoms with van der Waals surface area (Å²) in [5.41, 5.74) is -0.492. The first kappa shape index (κ1) is 15.0. The lowest BCUT2D eigenvalue weighted by atomic mass is 10.0. The highest BCUT2D eigenvalue weighted by Crippen LogP contribution is 2.32. The minimum Gasteiger partial charge on any atom is -0.444 e. The maximum Gasteiger partial charge on any atom is 0.410 e. The van der Waals surface area contributed by atoms with Crippen LogP contribution in [0, 0.1) is 11.8 Å². The summed E-state index contributed by atoms with van der Waals surface area (Å²) in [6.07, 6.45) is 1.70. The summed E-state index contributed by atoms with van der Waals surface area (Å²) in [6.45, 7) is 10.4. The smallest absolute Gasteiger partial charge is 0.410 e. The molecule has 0 saturated heterocycles. The van der Waals surface area contributed by atoms with Gasteiger partial charge in [-0.3, -0.25) is 4.79 Å². The van der Waals surface area contributed by atoms with E-state index in [0.29, 0.717) is 13.1 Å². The molecular formula is C14H25NO3. The molecule has 0 bridgehead atoms. The molecule has 0 aliphatic heterocycles. The van der Waals surface area contributed by atoms with Crippen molar-refractivity contribution < 1.29 is 14.3 Å². The van der Waals surface area contributed by atoms with Gasteiger partial charge in [0, 0.05) is 24.9 Å². The third-order valence-corrected chi connectivity index (χ3v) is 2.99. The molecule has 0 aromatic heterocycles. The van der Waals surface area contributed by atoms with E-state index < -0.39 is 5.60 Å². The van der Waals surface area contributed by atoms with Gasteiger partial charge in [0.15, 0.2) is 0 Å². The van der Waals surface area contributed by atoms with E-state index in [4.69, 9.17) is 4.74 Å². The summed E-state index contributed by atoms with van der Waals surface area (Å²) in [7, 11) is 0. The van der Waals surface area contributed by atoms with Crippen LogP contribution in [0.1, 0.15) is 47.5 Å². The lowest BCUT2D eigenvalue weighted by molar-refractivity contribution is -0.124. The fourth-order valence-electron chi connectivity index (χ4n) is 1.85. The van der Waals surface area contributed by atoms with E-state index in [2.05, 4.69) is 0 Å². The van der Waals surface area contributed by atoms with E-state index in [1.807, 2.05) is 34.6 Å². The Hall–Kier alpha value is -1.06. The average Bonchev–Trinajstić information content (AvgIpc) is 3.05. The standard InChI is InChI=1S/C14H25NO3/c1-6-15(13(17)18-14(3,4)5)9-10(2)12(16)11-7-8-11/h10-11H,6-9H2,1-5H3. The Bertz CT molecular complexity index is 315. The summed E-state index contributed by atoms with van der Waals surface area (Å²) >= 11 is 0. The summed E-state index contributed by atoms with van der Waals surface area (Å²) in [4.78, 5) is 25.4. The molecule has 1 fully saturated rings. The minimum atomic E-state index is -0.492. The van der Waals surface area contributed by atoms with Gasteiger partial charge in [0.1, 0.15) is 11.4 Å². The van der Waals surface area contributed by atoms with Crippen LogP contribution in [0.3, 0.4) is 0 Å². The molecular weight excluding hydrogens is 230 g/mol. The number of rotatable bonds is 5. The minimum absolute atomic E-state index is 0.0926. The molecule has 0 aromatic carbocycles. The number of carbonyl (C=O) groups excluding carboxylic acids is 2. The molecule has 0 aromatic rings. The van der Waals surface area contributed by atoms with Crippen LogP contribution < -0.4 is 0 Å². The van der Waals surface area contributed by atoms with Crippen molar-refractivity contribution in [3.8, 4) is 0 Å². The fraction of sp³-hybridized carbons (Fsp3) is 0.857. The lowest BCUT2D eigenvalue weighted by Crippen LogP contribution is -2.40. The van der Waals surface area contributed by atoms with Crippen molar-refractivity contribution in [3.63, 3.8) is 0 Å². The zero-order valence-electron chi connectivity index (χ0n) is 12.2. The first-order valence-corrected chi connectivity index (χ1v) is 6.76. The molecule has 0 spiro atoms. The number of Topliss-reactive ketones (excluding diaryl/α,β-unsaturated/α-hetero) is 1. The van der Waals surface area contributed by atoms with Crippen molar-refractivity contribution in [2.75, 3.05) is 13.1 Å². The second kappa shape index (κ2) is 5.72. The van der Waals surface area contributed by atoms with Gasteiger partial charge in [-0.1, -0.05) is 6.92 Å². The van der Waals surface area contributed by atoms with Crippen LogP contribution in [-0.2, 0) is 9.53 Å². The molecule has 0 radical (unpaired) electrons. The monoisotopic (exact) mass is 255 g/mol. The molecule has 1 aliphatic carbocycles. The third kappa shape index (κ3) is 4.67. The zero-order chi connectivity index (χ0) is 13.9. The molecule has 1 saturated carbocycles. The Balaban J connectivity index is 2.49. The summed E-state index contributed by atoms with van der Waals surface area (Å²) in [6, 6.07) is 0. The Morgan fingerprint density at radius 3 is 2.28 bits per heavy atom. The molecule has 1 rings (SSSR count). The fourth-order valence-corrected chi connectivity index (χ4v) is 1.85. The Kier molecular flexibility index (Phi) is 4.77. The number of hydrogen-bond acceptors (Lipinski definition) is 3. The maximum absolute atomic E-state index is 11.9. The normalized spacial score (nSPS) is 17.2. The van der Waals surface area contributed by atoms with Crippen LogP contribution in [0.25, 0.3) is 0 Å². The largest absolute Gasteiger partial charge is 0.444 e. The molecule has 104 valence electrons. The number of ether oxygens (including phenoxy) is 1. The number of carbonyl (C=O) groups is 2. The summed E-state index contributed by atoms with van der Waals surface area (Å²) in [5.74, 6) is 0.444. The first-order valence-electron chi connectivity index (χ1n) is 6.76. The van der Waals surface area contributed by atoms with Crippen molar-refractivity contribution in [2.24, 2.45) is 11.8 Å². The number of amides is 1. The topological polar surface area (TPSA) is 46.6 Å². The van der Waals surface area contributed by atoms with E-state index in [9.17, 15) is 9.59 Å². The van der Waals surface area contributed by atoms with Crippen molar-refractivity contribution in [2.45, 2.75) is 53.1 Å². The Morgan fingerprint density at radius 1 is 1.33 bits per heavy atom. The molecule has 1 unspecified atom stereocenters. The van der Waals surface area contributed by atoms with Crippen LogP contribution in [0.4, 0.5) is 4.79 Å². The molecule has 1 atom stereocenters. The molecule has 18 heavy (non-hydrogen) atoms. The Labute approximate surface area is 110 Å². The second-order valence-corrected chi connectivity index (χ2v) is 6.10. The second-order valence-electron chi connectivity index (χ2n) is 6.10. The predicted octanol–water partition coefficient (Wildman–Crippen LogP) is 2.86. The molecule has 0 N–H and O–H groups in total. The van der Waals surface area contributed by atoms with Gasteiger partial charge < -0.3 is 9.64 Å².